The van der Waals surface area contributed by atoms with E-state index in [1.807, 2.05) is 19.3 Å². The third-order valence-corrected chi connectivity index (χ3v) is 6.35. The first-order valence-corrected chi connectivity index (χ1v) is 10.8. The molecule has 2 aromatic rings. The van der Waals surface area contributed by atoms with Crippen LogP contribution in [0.1, 0.15) is 16.8 Å². The van der Waals surface area contributed by atoms with Crippen LogP contribution in [-0.2, 0) is 25.9 Å². The molecule has 6 nitrogen and oxygen atoms in total. The van der Waals surface area contributed by atoms with Crippen molar-refractivity contribution >= 4 is 11.7 Å². The minimum absolute atomic E-state index is 0.0345. The number of benzene rings is 1. The zero-order chi connectivity index (χ0) is 24.7. The van der Waals surface area contributed by atoms with Gasteiger partial charge in [0.1, 0.15) is 0 Å². The molecule has 2 saturated heterocycles. The number of carbonyl (C=O) groups is 1. The van der Waals surface area contributed by atoms with Gasteiger partial charge in [-0.1, -0.05) is 0 Å². The Bertz CT molecular complexity index is 987. The lowest BCUT2D eigenvalue weighted by Crippen LogP contribution is -2.64. The Balaban J connectivity index is 1.29. The number of nitrogens with zero attached hydrogens (tertiary/aromatic N) is 4. The van der Waals surface area contributed by atoms with E-state index in [1.165, 1.54) is 10.6 Å². The molecule has 0 atom stereocenters. The summed E-state index contributed by atoms with van der Waals surface area (Å²) in [7, 11) is 2.00. The van der Waals surface area contributed by atoms with Gasteiger partial charge in [-0.25, -0.2) is 4.79 Å². The van der Waals surface area contributed by atoms with Gasteiger partial charge in [0.15, 0.2) is 0 Å². The van der Waals surface area contributed by atoms with Crippen LogP contribution in [-0.4, -0.2) is 70.6 Å². The van der Waals surface area contributed by atoms with Gasteiger partial charge >= 0.3 is 18.4 Å². The molecular formula is C22H25F6N5O. The summed E-state index contributed by atoms with van der Waals surface area (Å²) in [5, 5.41) is 2.19. The lowest BCUT2D eigenvalue weighted by atomic mass is 10.1. The van der Waals surface area contributed by atoms with Crippen LogP contribution < -0.4 is 5.32 Å². The topological polar surface area (TPSA) is 43.8 Å². The quantitative estimate of drug-likeness (QED) is 0.658. The SMILES string of the molecule is Cn1cccc1CN1CCN(C2CN(C(=O)Nc3cc(C(F)(F)F)cc(C(F)(F)F)c3)C2)CC1. The first kappa shape index (κ1) is 24.4. The van der Waals surface area contributed by atoms with Gasteiger partial charge in [0.05, 0.1) is 11.1 Å². The maximum absolute atomic E-state index is 13.0. The maximum atomic E-state index is 13.0. The number of urea groups is 1. The van der Waals surface area contributed by atoms with Crippen LogP contribution in [0.5, 0.6) is 0 Å². The Morgan fingerprint density at radius 1 is 0.971 bits per heavy atom. The molecule has 2 amide bonds. The number of anilines is 1. The predicted octanol–water partition coefficient (Wildman–Crippen LogP) is 4.10. The molecule has 1 N–H and O–H groups in total. The summed E-state index contributed by atoms with van der Waals surface area (Å²) in [6.07, 6.45) is -7.93. The van der Waals surface area contributed by atoms with E-state index in [4.69, 9.17) is 0 Å². The second kappa shape index (κ2) is 9.14. The highest BCUT2D eigenvalue weighted by Gasteiger charge is 2.39. The number of halogens is 6. The van der Waals surface area contributed by atoms with Crippen LogP contribution in [0, 0.1) is 0 Å². The molecule has 12 heteroatoms. The number of alkyl halides is 6. The van der Waals surface area contributed by atoms with Crippen LogP contribution >= 0.6 is 0 Å². The molecule has 186 valence electrons. The van der Waals surface area contributed by atoms with Crippen LogP contribution in [0.4, 0.5) is 36.8 Å². The minimum atomic E-state index is -4.97. The molecule has 0 spiro atoms. The average Bonchev–Trinajstić information content (AvgIpc) is 3.11. The summed E-state index contributed by atoms with van der Waals surface area (Å²) in [6, 6.07) is 4.54. The first-order chi connectivity index (χ1) is 15.9. The fourth-order valence-corrected chi connectivity index (χ4v) is 4.26. The summed E-state index contributed by atoms with van der Waals surface area (Å²) in [5.74, 6) is 0. The number of likely N-dealkylation sites (tertiary alicyclic amines) is 1. The molecule has 2 aliphatic heterocycles. The number of aryl methyl sites for hydroxylation is 1. The van der Waals surface area contributed by atoms with Crippen molar-refractivity contribution in [3.63, 3.8) is 0 Å². The van der Waals surface area contributed by atoms with E-state index >= 15 is 0 Å². The highest BCUT2D eigenvalue weighted by molar-refractivity contribution is 5.90. The Morgan fingerprint density at radius 3 is 2.06 bits per heavy atom. The number of hydrogen-bond acceptors (Lipinski definition) is 3. The van der Waals surface area contributed by atoms with E-state index < -0.39 is 35.2 Å². The fraction of sp³-hybridized carbons (Fsp3) is 0.500. The number of amides is 2. The van der Waals surface area contributed by atoms with Gasteiger partial charge in [0.25, 0.3) is 0 Å². The monoisotopic (exact) mass is 489 g/mol. The molecule has 0 radical (unpaired) electrons. The molecule has 34 heavy (non-hydrogen) atoms. The van der Waals surface area contributed by atoms with Gasteiger partial charge < -0.3 is 14.8 Å². The number of nitrogens with one attached hydrogen (secondary N) is 1. The standard InChI is InChI=1S/C22H25F6N5O/c1-30-4-2-3-18(30)12-31-5-7-32(8-6-31)19-13-33(14-19)20(34)29-17-10-15(21(23,24)25)9-16(11-17)22(26,27)28/h2-4,9-11,19H,5-8,12-14H2,1H3,(H,29,34). The average molecular weight is 489 g/mol. The molecule has 2 fully saturated rings. The molecule has 0 unspecified atom stereocenters. The summed E-state index contributed by atoms with van der Waals surface area (Å²) in [6.45, 7) is 4.99. The van der Waals surface area contributed by atoms with Crippen molar-refractivity contribution in [3.05, 3.63) is 53.3 Å². The van der Waals surface area contributed by atoms with Gasteiger partial charge in [-0.2, -0.15) is 26.3 Å². The third-order valence-electron chi connectivity index (χ3n) is 6.35. The molecular weight excluding hydrogens is 464 g/mol. The normalized spacial score (nSPS) is 18.7. The van der Waals surface area contributed by atoms with Gasteiger partial charge in [0.2, 0.25) is 0 Å². The Morgan fingerprint density at radius 2 is 1.56 bits per heavy atom. The highest BCUT2D eigenvalue weighted by Crippen LogP contribution is 2.37. The zero-order valence-electron chi connectivity index (χ0n) is 18.5. The van der Waals surface area contributed by atoms with E-state index in [0.717, 1.165) is 32.7 Å². The molecule has 4 rings (SSSR count). The fourth-order valence-electron chi connectivity index (χ4n) is 4.26. The van der Waals surface area contributed by atoms with Crippen molar-refractivity contribution < 1.29 is 31.1 Å². The van der Waals surface area contributed by atoms with Crippen molar-refractivity contribution in [3.8, 4) is 0 Å². The van der Waals surface area contributed by atoms with Crippen LogP contribution in [0.3, 0.4) is 0 Å². The second-order valence-corrected chi connectivity index (χ2v) is 8.71. The summed E-state index contributed by atoms with van der Waals surface area (Å²) >= 11 is 0. The largest absolute Gasteiger partial charge is 0.416 e. The lowest BCUT2D eigenvalue weighted by molar-refractivity contribution is -0.143. The van der Waals surface area contributed by atoms with E-state index in [1.54, 1.807) is 0 Å². The molecule has 1 aromatic heterocycles. The Labute approximate surface area is 192 Å². The van der Waals surface area contributed by atoms with E-state index in [-0.39, 0.29) is 12.1 Å². The van der Waals surface area contributed by atoms with Crippen LogP contribution in [0.25, 0.3) is 0 Å². The highest BCUT2D eigenvalue weighted by atomic mass is 19.4. The molecule has 1 aromatic carbocycles. The maximum Gasteiger partial charge on any atom is 0.416 e. The number of rotatable bonds is 4. The summed E-state index contributed by atoms with van der Waals surface area (Å²) in [4.78, 5) is 18.4. The zero-order valence-corrected chi connectivity index (χ0v) is 18.5. The van der Waals surface area contributed by atoms with E-state index in [9.17, 15) is 31.1 Å². The molecule has 0 aliphatic carbocycles. The summed E-state index contributed by atoms with van der Waals surface area (Å²) in [5.41, 5.74) is -2.24. The number of piperazine rings is 1. The third kappa shape index (κ3) is 5.49. The van der Waals surface area contributed by atoms with E-state index in [2.05, 4.69) is 25.8 Å². The Hall–Kier alpha value is -2.73. The van der Waals surface area contributed by atoms with Crippen molar-refractivity contribution in [2.24, 2.45) is 7.05 Å². The molecule has 2 aliphatic rings. The van der Waals surface area contributed by atoms with Gasteiger partial charge in [-0.05, 0) is 30.3 Å². The predicted molar refractivity (Wildman–Crippen MR) is 113 cm³/mol. The van der Waals surface area contributed by atoms with Crippen LogP contribution in [0.15, 0.2) is 36.5 Å². The van der Waals surface area contributed by atoms with Crippen LogP contribution in [0.2, 0.25) is 0 Å². The minimum Gasteiger partial charge on any atom is -0.353 e. The second-order valence-electron chi connectivity index (χ2n) is 8.71. The lowest BCUT2D eigenvalue weighted by Gasteiger charge is -2.48. The van der Waals surface area contributed by atoms with Crippen molar-refractivity contribution in [2.45, 2.75) is 24.9 Å². The number of carbonyl (C=O) groups excluding carboxylic acids is 1. The van der Waals surface area contributed by atoms with E-state index in [0.29, 0.717) is 25.2 Å². The number of hydrogen-bond donors (Lipinski definition) is 1. The molecule has 0 saturated carbocycles. The summed E-state index contributed by atoms with van der Waals surface area (Å²) < 4.78 is 80.2. The Kier molecular flexibility index (Phi) is 6.56. The van der Waals surface area contributed by atoms with Crippen molar-refractivity contribution in [1.82, 2.24) is 19.3 Å². The molecule has 0 bridgehead atoms. The van der Waals surface area contributed by atoms with Crippen molar-refractivity contribution in [1.29, 1.82) is 0 Å². The molecule has 3 heterocycles. The van der Waals surface area contributed by atoms with Crippen molar-refractivity contribution in [2.75, 3.05) is 44.6 Å². The van der Waals surface area contributed by atoms with Gasteiger partial charge in [-0.3, -0.25) is 9.80 Å². The smallest absolute Gasteiger partial charge is 0.353 e. The first-order valence-electron chi connectivity index (χ1n) is 10.8. The number of aromatic nitrogens is 1. The van der Waals surface area contributed by atoms with Gasteiger partial charge in [-0.15, -0.1) is 0 Å². The van der Waals surface area contributed by atoms with Gasteiger partial charge in [0, 0.05) is 76.5 Å².